The molecule has 2 heterocycles. The molecule has 3 rings (SSSR count). The Bertz CT molecular complexity index is 830. The average Bonchev–Trinajstić information content (AvgIpc) is 3.38. The first-order valence-corrected chi connectivity index (χ1v) is 10.7. The molecule has 0 aliphatic carbocycles. The Morgan fingerprint density at radius 2 is 2.00 bits per heavy atom. The molecule has 1 aliphatic heterocycles. The van der Waals surface area contributed by atoms with E-state index in [0.29, 0.717) is 30.3 Å². The molecule has 7 nitrogen and oxygen atoms in total. The van der Waals surface area contributed by atoms with Crippen LogP contribution in [-0.2, 0) is 6.54 Å². The molecule has 0 saturated carbocycles. The molecule has 3 N–H and O–H groups in total. The van der Waals surface area contributed by atoms with Gasteiger partial charge in [0.2, 0.25) is 0 Å². The summed E-state index contributed by atoms with van der Waals surface area (Å²) in [5, 5.41) is 9.78. The number of carbonyl (C=O) groups excluding carboxylic acids is 1. The Kier molecular flexibility index (Phi) is 7.52. The van der Waals surface area contributed by atoms with E-state index in [4.69, 9.17) is 9.41 Å². The third kappa shape index (κ3) is 5.86. The number of furan rings is 1. The highest BCUT2D eigenvalue weighted by Gasteiger charge is 2.31. The lowest BCUT2D eigenvalue weighted by Crippen LogP contribution is -2.46. The number of guanidine groups is 1. The van der Waals surface area contributed by atoms with Crippen molar-refractivity contribution in [1.82, 2.24) is 15.5 Å². The van der Waals surface area contributed by atoms with Gasteiger partial charge in [0.05, 0.1) is 12.8 Å². The van der Waals surface area contributed by atoms with Gasteiger partial charge in [0.15, 0.2) is 11.7 Å². The van der Waals surface area contributed by atoms with Crippen molar-refractivity contribution in [1.29, 1.82) is 0 Å². The number of aliphatic imine (C=N–C) groups is 1. The minimum absolute atomic E-state index is 0.259. The van der Waals surface area contributed by atoms with E-state index in [1.807, 2.05) is 24.3 Å². The highest BCUT2D eigenvalue weighted by atomic mass is 16.3. The van der Waals surface area contributed by atoms with Crippen LogP contribution < -0.4 is 16.0 Å². The van der Waals surface area contributed by atoms with Gasteiger partial charge in [0.25, 0.3) is 5.91 Å². The number of likely N-dealkylation sites (tertiary alicyclic amines) is 1. The molecule has 162 valence electrons. The second kappa shape index (κ2) is 10.3. The Hall–Kier alpha value is -2.80. The molecule has 1 aromatic carbocycles. The third-order valence-electron chi connectivity index (χ3n) is 5.41. The predicted octanol–water partition coefficient (Wildman–Crippen LogP) is 3.32. The van der Waals surface area contributed by atoms with Crippen LogP contribution >= 0.6 is 0 Å². The maximum absolute atomic E-state index is 12.1. The van der Waals surface area contributed by atoms with Crippen LogP contribution in [0.1, 0.15) is 43.8 Å². The molecule has 0 radical (unpaired) electrons. The lowest BCUT2D eigenvalue weighted by atomic mass is 10.1. The van der Waals surface area contributed by atoms with Crippen molar-refractivity contribution < 1.29 is 9.21 Å². The summed E-state index contributed by atoms with van der Waals surface area (Å²) < 4.78 is 5.11. The lowest BCUT2D eigenvalue weighted by molar-refractivity contribution is 0.0996. The van der Waals surface area contributed by atoms with E-state index >= 15 is 0 Å². The summed E-state index contributed by atoms with van der Waals surface area (Å²) >= 11 is 0. The van der Waals surface area contributed by atoms with Gasteiger partial charge < -0.3 is 20.4 Å². The number of nitrogens with zero attached hydrogens (tertiary/aromatic N) is 2. The molecule has 1 amide bonds. The Balaban J connectivity index is 1.57. The monoisotopic (exact) mass is 411 g/mol. The molecule has 0 spiro atoms. The normalized spacial score (nSPS) is 19.8. The van der Waals surface area contributed by atoms with Gasteiger partial charge in [-0.25, -0.2) is 4.99 Å². The van der Waals surface area contributed by atoms with E-state index in [0.717, 1.165) is 36.8 Å². The Morgan fingerprint density at radius 3 is 2.60 bits per heavy atom. The van der Waals surface area contributed by atoms with Gasteiger partial charge in [0.1, 0.15) is 0 Å². The number of amides is 1. The van der Waals surface area contributed by atoms with Crippen molar-refractivity contribution in [3.63, 3.8) is 0 Å². The molecule has 7 heteroatoms. The first kappa shape index (κ1) is 21.9. The number of benzene rings is 1. The molecule has 1 aromatic heterocycles. The van der Waals surface area contributed by atoms with Crippen LogP contribution in [0.4, 0.5) is 5.69 Å². The van der Waals surface area contributed by atoms with Crippen LogP contribution in [0.5, 0.6) is 0 Å². The molecule has 1 saturated heterocycles. The number of anilines is 1. The molecule has 30 heavy (non-hydrogen) atoms. The quantitative estimate of drug-likeness (QED) is 0.481. The Labute approximate surface area is 178 Å². The molecule has 2 aromatic rings. The SMILES string of the molecule is CCNC(=NCc1ccc(NC(=O)c2ccco2)cc1)NC1CN(C(C)C)CC1C. The number of hydrogen-bond acceptors (Lipinski definition) is 4. The fraction of sp³-hybridized carbons (Fsp3) is 0.478. The highest BCUT2D eigenvalue weighted by molar-refractivity contribution is 6.02. The molecule has 1 aliphatic rings. The zero-order valence-electron chi connectivity index (χ0n) is 18.3. The van der Waals surface area contributed by atoms with Crippen molar-refractivity contribution >= 4 is 17.6 Å². The van der Waals surface area contributed by atoms with Crippen LogP contribution in [0.15, 0.2) is 52.1 Å². The largest absolute Gasteiger partial charge is 0.459 e. The third-order valence-corrected chi connectivity index (χ3v) is 5.41. The summed E-state index contributed by atoms with van der Waals surface area (Å²) in [4.78, 5) is 19.3. The molecule has 2 atom stereocenters. The van der Waals surface area contributed by atoms with Gasteiger partial charge >= 0.3 is 0 Å². The summed E-state index contributed by atoms with van der Waals surface area (Å²) in [6, 6.07) is 12.0. The van der Waals surface area contributed by atoms with Gasteiger partial charge in [-0.15, -0.1) is 0 Å². The molecular formula is C23H33N5O2. The summed E-state index contributed by atoms with van der Waals surface area (Å²) in [6.45, 7) is 12.4. The fourth-order valence-corrected chi connectivity index (χ4v) is 3.57. The maximum Gasteiger partial charge on any atom is 0.291 e. The minimum Gasteiger partial charge on any atom is -0.459 e. The van der Waals surface area contributed by atoms with Crippen LogP contribution in [0.3, 0.4) is 0 Å². The first-order valence-electron chi connectivity index (χ1n) is 10.7. The summed E-state index contributed by atoms with van der Waals surface area (Å²) in [5.74, 6) is 1.45. The molecular weight excluding hydrogens is 378 g/mol. The second-order valence-electron chi connectivity index (χ2n) is 8.10. The molecule has 2 unspecified atom stereocenters. The number of hydrogen-bond donors (Lipinski definition) is 3. The van der Waals surface area contributed by atoms with Gasteiger partial charge in [-0.05, 0) is 56.5 Å². The van der Waals surface area contributed by atoms with Crippen molar-refractivity contribution in [3.05, 3.63) is 54.0 Å². The summed E-state index contributed by atoms with van der Waals surface area (Å²) in [6.07, 6.45) is 1.48. The summed E-state index contributed by atoms with van der Waals surface area (Å²) in [7, 11) is 0. The van der Waals surface area contributed by atoms with E-state index in [1.165, 1.54) is 6.26 Å². The maximum atomic E-state index is 12.1. The standard InChI is InChI=1S/C23H33N5O2/c1-5-24-23(27-20-15-28(16(2)3)14-17(20)4)25-13-18-8-10-19(11-9-18)26-22(29)21-7-6-12-30-21/h6-12,16-17,20H,5,13-15H2,1-4H3,(H,26,29)(H2,24,25,27). The van der Waals surface area contributed by atoms with E-state index in [1.54, 1.807) is 12.1 Å². The van der Waals surface area contributed by atoms with E-state index in [-0.39, 0.29) is 5.91 Å². The lowest BCUT2D eigenvalue weighted by Gasteiger charge is -2.22. The smallest absolute Gasteiger partial charge is 0.291 e. The number of rotatable bonds is 7. The first-order chi connectivity index (χ1) is 14.5. The van der Waals surface area contributed by atoms with Crippen molar-refractivity contribution in [2.75, 3.05) is 25.0 Å². The van der Waals surface area contributed by atoms with Crippen molar-refractivity contribution in [2.45, 2.75) is 46.3 Å². The van der Waals surface area contributed by atoms with Gasteiger partial charge in [0, 0.05) is 37.4 Å². The van der Waals surface area contributed by atoms with Crippen LogP contribution in [0.25, 0.3) is 0 Å². The van der Waals surface area contributed by atoms with Crippen molar-refractivity contribution in [3.8, 4) is 0 Å². The van der Waals surface area contributed by atoms with Crippen LogP contribution in [0, 0.1) is 5.92 Å². The zero-order chi connectivity index (χ0) is 21.5. The number of nitrogens with one attached hydrogen (secondary N) is 3. The van der Waals surface area contributed by atoms with Crippen LogP contribution in [-0.4, -0.2) is 48.5 Å². The van der Waals surface area contributed by atoms with E-state index in [2.05, 4.69) is 48.5 Å². The van der Waals surface area contributed by atoms with Gasteiger partial charge in [-0.3, -0.25) is 9.69 Å². The highest BCUT2D eigenvalue weighted by Crippen LogP contribution is 2.18. The number of carbonyl (C=O) groups is 1. The van der Waals surface area contributed by atoms with Crippen LogP contribution in [0.2, 0.25) is 0 Å². The average molecular weight is 412 g/mol. The minimum atomic E-state index is -0.259. The van der Waals surface area contributed by atoms with E-state index < -0.39 is 0 Å². The van der Waals surface area contributed by atoms with Crippen molar-refractivity contribution in [2.24, 2.45) is 10.9 Å². The molecule has 1 fully saturated rings. The molecule has 0 bridgehead atoms. The summed E-state index contributed by atoms with van der Waals surface area (Å²) in [5.41, 5.74) is 1.80. The fourth-order valence-electron chi connectivity index (χ4n) is 3.57. The topological polar surface area (TPSA) is 81.9 Å². The predicted molar refractivity (Wildman–Crippen MR) is 121 cm³/mol. The van der Waals surface area contributed by atoms with Gasteiger partial charge in [-0.1, -0.05) is 19.1 Å². The second-order valence-corrected chi connectivity index (χ2v) is 8.10. The Morgan fingerprint density at radius 1 is 1.23 bits per heavy atom. The zero-order valence-corrected chi connectivity index (χ0v) is 18.3. The van der Waals surface area contributed by atoms with E-state index in [9.17, 15) is 4.79 Å². The van der Waals surface area contributed by atoms with Gasteiger partial charge in [-0.2, -0.15) is 0 Å².